The van der Waals surface area contributed by atoms with Crippen LogP contribution in [-0.4, -0.2) is 54.3 Å². The van der Waals surface area contributed by atoms with Crippen molar-refractivity contribution in [1.82, 2.24) is 13.8 Å². The highest BCUT2D eigenvalue weighted by atomic mass is 35.5. The molecule has 1 amide bonds. The second kappa shape index (κ2) is 9.59. The fourth-order valence-corrected chi connectivity index (χ4v) is 5.52. The molecule has 3 heterocycles. The number of halogens is 1. The van der Waals surface area contributed by atoms with Gasteiger partial charge in [0.15, 0.2) is 0 Å². The third-order valence-corrected chi connectivity index (χ3v) is 8.08. The Kier molecular flexibility index (Phi) is 6.78. The zero-order valence-corrected chi connectivity index (χ0v) is 20.1. The first kappa shape index (κ1) is 23.4. The maximum atomic E-state index is 12.8. The van der Waals surface area contributed by atoms with Crippen LogP contribution in [0.3, 0.4) is 0 Å². The summed E-state index contributed by atoms with van der Waals surface area (Å²) in [4.78, 5) is 14.6. The van der Waals surface area contributed by atoms with Gasteiger partial charge in [0.1, 0.15) is 5.76 Å². The van der Waals surface area contributed by atoms with E-state index in [2.05, 4.69) is 4.57 Å². The summed E-state index contributed by atoms with van der Waals surface area (Å²) in [7, 11) is -3.60. The maximum absolute atomic E-state index is 12.8. The molecular formula is C24H26ClN3O4S. The van der Waals surface area contributed by atoms with Gasteiger partial charge in [0, 0.05) is 48.7 Å². The normalized spacial score (nSPS) is 15.4. The number of aryl methyl sites for hydroxylation is 1. The van der Waals surface area contributed by atoms with E-state index in [0.717, 1.165) is 22.7 Å². The largest absolute Gasteiger partial charge is 0.467 e. The first-order valence-corrected chi connectivity index (χ1v) is 12.5. The van der Waals surface area contributed by atoms with E-state index in [-0.39, 0.29) is 23.9 Å². The van der Waals surface area contributed by atoms with Gasteiger partial charge in [0.25, 0.3) is 0 Å². The molecular weight excluding hydrogens is 462 g/mol. The molecule has 1 aromatic carbocycles. The van der Waals surface area contributed by atoms with Gasteiger partial charge in [-0.3, -0.25) is 4.79 Å². The second-order valence-electron chi connectivity index (χ2n) is 8.01. The summed E-state index contributed by atoms with van der Waals surface area (Å²) in [5.74, 6) is 0.740. The van der Waals surface area contributed by atoms with Crippen molar-refractivity contribution < 1.29 is 17.6 Å². The SMILES string of the molecule is Cc1cc(C=CC(=O)N2CCN(S(=O)(=O)c3ccc(Cl)cc3)CC2)c(C)n1Cc1ccco1. The minimum Gasteiger partial charge on any atom is -0.467 e. The highest BCUT2D eigenvalue weighted by Crippen LogP contribution is 2.21. The molecule has 0 N–H and O–H groups in total. The first-order chi connectivity index (χ1) is 15.8. The smallest absolute Gasteiger partial charge is 0.246 e. The van der Waals surface area contributed by atoms with Crippen LogP contribution in [0.4, 0.5) is 0 Å². The Bertz CT molecular complexity index is 1250. The molecule has 0 saturated carbocycles. The van der Waals surface area contributed by atoms with Crippen molar-refractivity contribution in [3.8, 4) is 0 Å². The quantitative estimate of drug-likeness (QED) is 0.493. The van der Waals surface area contributed by atoms with Crippen molar-refractivity contribution in [2.24, 2.45) is 0 Å². The molecule has 7 nitrogen and oxygen atoms in total. The lowest BCUT2D eigenvalue weighted by Gasteiger charge is -2.33. The van der Waals surface area contributed by atoms with Crippen molar-refractivity contribution >= 4 is 33.6 Å². The van der Waals surface area contributed by atoms with Crippen LogP contribution in [0.25, 0.3) is 6.08 Å². The topological polar surface area (TPSA) is 75.8 Å². The van der Waals surface area contributed by atoms with Crippen LogP contribution in [0.15, 0.2) is 64.1 Å². The van der Waals surface area contributed by atoms with Gasteiger partial charge < -0.3 is 13.9 Å². The van der Waals surface area contributed by atoms with Gasteiger partial charge in [-0.2, -0.15) is 4.31 Å². The van der Waals surface area contributed by atoms with Crippen molar-refractivity contribution in [2.75, 3.05) is 26.2 Å². The van der Waals surface area contributed by atoms with E-state index in [1.807, 2.05) is 38.1 Å². The molecule has 4 rings (SSSR count). The van der Waals surface area contributed by atoms with E-state index in [4.69, 9.17) is 16.0 Å². The van der Waals surface area contributed by atoms with Gasteiger partial charge in [-0.15, -0.1) is 0 Å². The van der Waals surface area contributed by atoms with Crippen LogP contribution in [0.2, 0.25) is 5.02 Å². The van der Waals surface area contributed by atoms with E-state index < -0.39 is 10.0 Å². The van der Waals surface area contributed by atoms with Crippen LogP contribution in [-0.2, 0) is 21.4 Å². The molecule has 1 aliphatic heterocycles. The number of hydrogen-bond acceptors (Lipinski definition) is 4. The van der Waals surface area contributed by atoms with Crippen molar-refractivity contribution in [3.05, 3.63) is 82.5 Å². The number of hydrogen-bond donors (Lipinski definition) is 0. The number of furan rings is 1. The number of amides is 1. The summed E-state index contributed by atoms with van der Waals surface area (Å²) in [5.41, 5.74) is 3.10. The van der Waals surface area contributed by atoms with Crippen LogP contribution in [0, 0.1) is 13.8 Å². The molecule has 0 spiro atoms. The number of rotatable bonds is 6. The molecule has 0 aliphatic carbocycles. The zero-order valence-electron chi connectivity index (χ0n) is 18.6. The third-order valence-electron chi connectivity index (χ3n) is 5.91. The van der Waals surface area contributed by atoms with Crippen LogP contribution < -0.4 is 0 Å². The molecule has 0 unspecified atom stereocenters. The number of nitrogens with zero attached hydrogens (tertiary/aromatic N) is 3. The first-order valence-electron chi connectivity index (χ1n) is 10.7. The summed E-state index contributed by atoms with van der Waals surface area (Å²) >= 11 is 5.86. The summed E-state index contributed by atoms with van der Waals surface area (Å²) < 4.78 is 34.7. The van der Waals surface area contributed by atoms with Gasteiger partial charge in [-0.25, -0.2) is 8.42 Å². The molecule has 9 heteroatoms. The molecule has 33 heavy (non-hydrogen) atoms. The van der Waals surface area contributed by atoms with Crippen LogP contribution >= 0.6 is 11.6 Å². The number of piperazine rings is 1. The van der Waals surface area contributed by atoms with E-state index >= 15 is 0 Å². The Morgan fingerprint density at radius 2 is 1.79 bits per heavy atom. The second-order valence-corrected chi connectivity index (χ2v) is 10.4. The lowest BCUT2D eigenvalue weighted by atomic mass is 10.2. The van der Waals surface area contributed by atoms with Crippen molar-refractivity contribution in [2.45, 2.75) is 25.3 Å². The van der Waals surface area contributed by atoms with Crippen molar-refractivity contribution in [1.29, 1.82) is 0 Å². The third kappa shape index (κ3) is 5.08. The van der Waals surface area contributed by atoms with Gasteiger partial charge >= 0.3 is 0 Å². The summed E-state index contributed by atoms with van der Waals surface area (Å²) in [6.45, 7) is 5.86. The lowest BCUT2D eigenvalue weighted by Crippen LogP contribution is -2.50. The summed E-state index contributed by atoms with van der Waals surface area (Å²) in [5, 5.41) is 0.484. The molecule has 0 bridgehead atoms. The zero-order chi connectivity index (χ0) is 23.6. The Morgan fingerprint density at radius 1 is 1.09 bits per heavy atom. The molecule has 174 valence electrons. The van der Waals surface area contributed by atoms with E-state index in [0.29, 0.717) is 24.7 Å². The number of sulfonamides is 1. The van der Waals surface area contributed by atoms with E-state index in [1.54, 1.807) is 29.4 Å². The lowest BCUT2D eigenvalue weighted by molar-refractivity contribution is -0.127. The van der Waals surface area contributed by atoms with Gasteiger partial charge in [0.2, 0.25) is 15.9 Å². The average molecular weight is 488 g/mol. The fourth-order valence-electron chi connectivity index (χ4n) is 3.97. The molecule has 1 fully saturated rings. The van der Waals surface area contributed by atoms with Gasteiger partial charge in [-0.05, 0) is 68.0 Å². The predicted molar refractivity (Wildman–Crippen MR) is 128 cm³/mol. The number of carbonyl (C=O) groups is 1. The molecule has 0 atom stereocenters. The summed E-state index contributed by atoms with van der Waals surface area (Å²) in [6.07, 6.45) is 5.03. The van der Waals surface area contributed by atoms with Crippen molar-refractivity contribution in [3.63, 3.8) is 0 Å². The standard InChI is InChI=1S/C24H26ClN3O4S/c1-18-16-20(19(2)28(18)17-22-4-3-15-32-22)5-10-24(29)26-11-13-27(14-12-26)33(30,31)23-8-6-21(25)7-9-23/h3-10,15-16H,11-14,17H2,1-2H3. The Balaban J connectivity index is 1.38. The molecule has 1 aliphatic rings. The van der Waals surface area contributed by atoms with Crippen LogP contribution in [0.5, 0.6) is 0 Å². The van der Waals surface area contributed by atoms with E-state index in [1.165, 1.54) is 16.4 Å². The van der Waals surface area contributed by atoms with Crippen LogP contribution in [0.1, 0.15) is 22.7 Å². The Hall–Kier alpha value is -2.81. The number of benzene rings is 1. The Morgan fingerprint density at radius 3 is 2.42 bits per heavy atom. The van der Waals surface area contributed by atoms with Gasteiger partial charge in [0.05, 0.1) is 17.7 Å². The van der Waals surface area contributed by atoms with E-state index in [9.17, 15) is 13.2 Å². The molecule has 2 aromatic heterocycles. The maximum Gasteiger partial charge on any atom is 0.246 e. The minimum atomic E-state index is -3.60. The highest BCUT2D eigenvalue weighted by molar-refractivity contribution is 7.89. The number of carbonyl (C=O) groups excluding carboxylic acids is 1. The average Bonchev–Trinajstić information content (AvgIpc) is 3.41. The fraction of sp³-hybridized carbons (Fsp3) is 0.292. The van der Waals surface area contributed by atoms with Gasteiger partial charge in [-0.1, -0.05) is 11.6 Å². The Labute approximate surface area is 198 Å². The minimum absolute atomic E-state index is 0.130. The number of aromatic nitrogens is 1. The predicted octanol–water partition coefficient (Wildman–Crippen LogP) is 3.95. The molecule has 0 radical (unpaired) electrons. The molecule has 3 aromatic rings. The summed E-state index contributed by atoms with van der Waals surface area (Å²) in [6, 6.07) is 12.0. The molecule has 1 saturated heterocycles. The highest BCUT2D eigenvalue weighted by Gasteiger charge is 2.29. The monoisotopic (exact) mass is 487 g/mol.